The minimum Gasteiger partial charge on any atom is -0.492 e. The molecular formula is C13H20N2O4. The highest BCUT2D eigenvalue weighted by Crippen LogP contribution is 2.16. The summed E-state index contributed by atoms with van der Waals surface area (Å²) in [5.74, 6) is 0.607. The van der Waals surface area contributed by atoms with Crippen molar-refractivity contribution in [1.82, 2.24) is 5.32 Å². The number of rotatable bonds is 8. The largest absolute Gasteiger partial charge is 0.492 e. The standard InChI is InChI=1S/C13H20N2O4/c1-10(9-11(2)16)14-7-8-19-13-5-3-12(4-6-13)15(17)18/h3-6,10-11,14,16H,7-9H2,1-2H3. The fourth-order valence-electron chi connectivity index (χ4n) is 1.73. The van der Waals surface area contributed by atoms with Crippen LogP contribution in [0.25, 0.3) is 0 Å². The van der Waals surface area contributed by atoms with Crippen molar-refractivity contribution in [3.8, 4) is 5.75 Å². The zero-order valence-electron chi connectivity index (χ0n) is 11.2. The minimum atomic E-state index is -0.441. The third-order valence-corrected chi connectivity index (χ3v) is 2.61. The predicted octanol–water partition coefficient (Wildman–Crippen LogP) is 1.72. The quantitative estimate of drug-likeness (QED) is 0.426. The number of nitrogens with one attached hydrogen (secondary N) is 1. The Morgan fingerprint density at radius 2 is 2.00 bits per heavy atom. The summed E-state index contributed by atoms with van der Waals surface area (Å²) < 4.78 is 5.45. The van der Waals surface area contributed by atoms with Crippen LogP contribution in [0.2, 0.25) is 0 Å². The number of nitro benzene ring substituents is 1. The molecular weight excluding hydrogens is 248 g/mol. The van der Waals surface area contributed by atoms with Crippen LogP contribution in [-0.4, -0.2) is 35.3 Å². The Balaban J connectivity index is 2.24. The van der Waals surface area contributed by atoms with Crippen LogP contribution in [0.5, 0.6) is 5.75 Å². The molecule has 0 heterocycles. The molecule has 0 fully saturated rings. The number of aliphatic hydroxyl groups excluding tert-OH is 1. The number of benzene rings is 1. The number of hydrogen-bond acceptors (Lipinski definition) is 5. The molecule has 6 heteroatoms. The van der Waals surface area contributed by atoms with Crippen LogP contribution in [0, 0.1) is 10.1 Å². The summed E-state index contributed by atoms with van der Waals surface area (Å²) >= 11 is 0. The van der Waals surface area contributed by atoms with Crippen LogP contribution < -0.4 is 10.1 Å². The summed E-state index contributed by atoms with van der Waals surface area (Å²) in [5.41, 5.74) is 0.0519. The number of ether oxygens (including phenoxy) is 1. The van der Waals surface area contributed by atoms with E-state index in [4.69, 9.17) is 4.74 Å². The first kappa shape index (κ1) is 15.4. The molecule has 2 unspecified atom stereocenters. The molecule has 2 atom stereocenters. The van der Waals surface area contributed by atoms with Gasteiger partial charge in [-0.3, -0.25) is 10.1 Å². The molecule has 0 saturated heterocycles. The fourth-order valence-corrected chi connectivity index (χ4v) is 1.73. The van der Waals surface area contributed by atoms with E-state index in [1.54, 1.807) is 19.1 Å². The van der Waals surface area contributed by atoms with E-state index in [2.05, 4.69) is 5.32 Å². The lowest BCUT2D eigenvalue weighted by molar-refractivity contribution is -0.384. The molecule has 1 aromatic rings. The van der Waals surface area contributed by atoms with Crippen molar-refractivity contribution in [3.63, 3.8) is 0 Å². The maximum absolute atomic E-state index is 10.5. The molecule has 0 saturated carbocycles. The van der Waals surface area contributed by atoms with Gasteiger partial charge in [-0.15, -0.1) is 0 Å². The van der Waals surface area contributed by atoms with Gasteiger partial charge in [0, 0.05) is 24.7 Å². The first-order chi connectivity index (χ1) is 8.99. The maximum atomic E-state index is 10.5. The van der Waals surface area contributed by atoms with Crippen LogP contribution in [0.4, 0.5) is 5.69 Å². The number of nitrogens with zero attached hydrogens (tertiary/aromatic N) is 1. The van der Waals surface area contributed by atoms with E-state index in [-0.39, 0.29) is 17.8 Å². The molecule has 0 aliphatic rings. The van der Waals surface area contributed by atoms with E-state index >= 15 is 0 Å². The first-order valence-corrected chi connectivity index (χ1v) is 6.27. The molecule has 0 radical (unpaired) electrons. The molecule has 6 nitrogen and oxygen atoms in total. The Morgan fingerprint density at radius 3 is 2.53 bits per heavy atom. The summed E-state index contributed by atoms with van der Waals surface area (Å²) in [6, 6.07) is 6.22. The van der Waals surface area contributed by atoms with Crippen molar-refractivity contribution in [2.45, 2.75) is 32.4 Å². The second kappa shape index (κ2) is 7.70. The average molecular weight is 268 g/mol. The van der Waals surface area contributed by atoms with Gasteiger partial charge in [0.1, 0.15) is 12.4 Å². The van der Waals surface area contributed by atoms with Crippen molar-refractivity contribution in [3.05, 3.63) is 34.4 Å². The van der Waals surface area contributed by atoms with Gasteiger partial charge in [-0.1, -0.05) is 0 Å². The second-order valence-corrected chi connectivity index (χ2v) is 4.54. The lowest BCUT2D eigenvalue weighted by Crippen LogP contribution is -2.32. The van der Waals surface area contributed by atoms with Gasteiger partial charge in [-0.05, 0) is 32.4 Å². The molecule has 0 aromatic heterocycles. The molecule has 1 rings (SSSR count). The Morgan fingerprint density at radius 1 is 1.37 bits per heavy atom. The lowest BCUT2D eigenvalue weighted by Gasteiger charge is -2.15. The normalized spacial score (nSPS) is 13.8. The maximum Gasteiger partial charge on any atom is 0.269 e. The molecule has 19 heavy (non-hydrogen) atoms. The average Bonchev–Trinajstić information content (AvgIpc) is 2.34. The van der Waals surface area contributed by atoms with Gasteiger partial charge >= 0.3 is 0 Å². The van der Waals surface area contributed by atoms with E-state index < -0.39 is 4.92 Å². The van der Waals surface area contributed by atoms with Crippen LogP contribution in [0.15, 0.2) is 24.3 Å². The molecule has 106 valence electrons. The molecule has 1 aromatic carbocycles. The monoisotopic (exact) mass is 268 g/mol. The van der Waals surface area contributed by atoms with Crippen LogP contribution in [-0.2, 0) is 0 Å². The Bertz CT molecular complexity index is 392. The minimum absolute atomic E-state index is 0.0519. The van der Waals surface area contributed by atoms with Crippen LogP contribution >= 0.6 is 0 Å². The van der Waals surface area contributed by atoms with Gasteiger partial charge in [0.2, 0.25) is 0 Å². The van der Waals surface area contributed by atoms with Crippen LogP contribution in [0.1, 0.15) is 20.3 Å². The third-order valence-electron chi connectivity index (χ3n) is 2.61. The number of aliphatic hydroxyl groups is 1. The fraction of sp³-hybridized carbons (Fsp3) is 0.538. The number of nitro groups is 1. The number of non-ortho nitro benzene ring substituents is 1. The van der Waals surface area contributed by atoms with Gasteiger partial charge in [-0.25, -0.2) is 0 Å². The van der Waals surface area contributed by atoms with E-state index in [1.807, 2.05) is 6.92 Å². The van der Waals surface area contributed by atoms with E-state index in [1.165, 1.54) is 12.1 Å². The predicted molar refractivity (Wildman–Crippen MR) is 72.4 cm³/mol. The van der Waals surface area contributed by atoms with Crippen molar-refractivity contribution < 1.29 is 14.8 Å². The molecule has 0 bridgehead atoms. The summed E-state index contributed by atoms with van der Waals surface area (Å²) in [6.45, 7) is 4.89. The highest BCUT2D eigenvalue weighted by atomic mass is 16.6. The van der Waals surface area contributed by atoms with Crippen molar-refractivity contribution >= 4 is 5.69 Å². The Hall–Kier alpha value is -1.66. The topological polar surface area (TPSA) is 84.6 Å². The van der Waals surface area contributed by atoms with E-state index in [0.29, 0.717) is 25.3 Å². The zero-order valence-corrected chi connectivity index (χ0v) is 11.2. The van der Waals surface area contributed by atoms with Gasteiger partial charge in [0.15, 0.2) is 0 Å². The molecule has 0 aliphatic heterocycles. The third kappa shape index (κ3) is 6.17. The summed E-state index contributed by atoms with van der Waals surface area (Å²) in [4.78, 5) is 10.0. The first-order valence-electron chi connectivity index (χ1n) is 6.27. The van der Waals surface area contributed by atoms with Crippen molar-refractivity contribution in [2.24, 2.45) is 0 Å². The Kier molecular flexibility index (Phi) is 6.24. The van der Waals surface area contributed by atoms with Crippen molar-refractivity contribution in [2.75, 3.05) is 13.2 Å². The second-order valence-electron chi connectivity index (χ2n) is 4.54. The molecule has 0 spiro atoms. The number of hydrogen-bond donors (Lipinski definition) is 2. The zero-order chi connectivity index (χ0) is 14.3. The molecule has 0 aliphatic carbocycles. The highest BCUT2D eigenvalue weighted by Gasteiger charge is 2.06. The smallest absolute Gasteiger partial charge is 0.269 e. The van der Waals surface area contributed by atoms with Crippen LogP contribution in [0.3, 0.4) is 0 Å². The highest BCUT2D eigenvalue weighted by molar-refractivity contribution is 5.35. The summed E-state index contributed by atoms with van der Waals surface area (Å²) in [6.07, 6.45) is 0.371. The lowest BCUT2D eigenvalue weighted by atomic mass is 10.1. The van der Waals surface area contributed by atoms with Gasteiger partial charge in [0.25, 0.3) is 5.69 Å². The SMILES string of the molecule is CC(O)CC(C)NCCOc1ccc([N+](=O)[O-])cc1. The molecule has 2 N–H and O–H groups in total. The Labute approximate surface area is 112 Å². The summed E-state index contributed by atoms with van der Waals surface area (Å²) in [7, 11) is 0. The van der Waals surface area contributed by atoms with E-state index in [0.717, 1.165) is 0 Å². The molecule has 0 amide bonds. The summed E-state index contributed by atoms with van der Waals surface area (Å²) in [5, 5.41) is 22.9. The van der Waals surface area contributed by atoms with Gasteiger partial charge in [-0.2, -0.15) is 0 Å². The van der Waals surface area contributed by atoms with Gasteiger partial charge < -0.3 is 15.2 Å². The van der Waals surface area contributed by atoms with Crippen molar-refractivity contribution in [1.29, 1.82) is 0 Å². The van der Waals surface area contributed by atoms with E-state index in [9.17, 15) is 15.2 Å². The van der Waals surface area contributed by atoms with Gasteiger partial charge in [0.05, 0.1) is 11.0 Å².